The van der Waals surface area contributed by atoms with E-state index in [1.165, 1.54) is 57.8 Å². The number of rotatable bonds is 7. The molecule has 8 bridgehead atoms. The number of hydrazine groups is 1. The lowest BCUT2D eigenvalue weighted by atomic mass is 9.44. The Morgan fingerprint density at radius 2 is 1.21 bits per heavy atom. The van der Waals surface area contributed by atoms with E-state index >= 15 is 0 Å². The Hall–Kier alpha value is -1.84. The number of hydrogen-bond donors (Lipinski definition) is 2. The van der Waals surface area contributed by atoms with Gasteiger partial charge in [-0.15, -0.1) is 0 Å². The fourth-order valence-electron chi connectivity index (χ4n) is 11.0. The van der Waals surface area contributed by atoms with Crippen molar-refractivity contribution in [2.24, 2.45) is 52.3 Å². The topological polar surface area (TPSA) is 58.2 Å². The lowest BCUT2D eigenvalue weighted by Gasteiger charge is -2.59. The van der Waals surface area contributed by atoms with Crippen molar-refractivity contribution in [3.05, 3.63) is 30.3 Å². The molecule has 8 saturated carbocycles. The minimum Gasteiger partial charge on any atom is -0.299 e. The van der Waals surface area contributed by atoms with Gasteiger partial charge >= 0.3 is 0 Å². The highest BCUT2D eigenvalue weighted by molar-refractivity contribution is 6.03. The normalized spacial score (nSPS) is 44.1. The molecule has 1 aromatic rings. The van der Waals surface area contributed by atoms with Crippen LogP contribution < -0.4 is 10.9 Å². The number of benzene rings is 1. The summed E-state index contributed by atoms with van der Waals surface area (Å²) in [7, 11) is 0. The van der Waals surface area contributed by atoms with Crippen molar-refractivity contribution in [3.8, 4) is 0 Å². The molecule has 8 aliphatic carbocycles. The maximum Gasteiger partial charge on any atom is 0.249 e. The molecule has 4 heteroatoms. The van der Waals surface area contributed by atoms with Gasteiger partial charge in [-0.25, -0.2) is 0 Å². The number of nitrogens with one attached hydrogen (secondary N) is 2. The SMILES string of the molecule is O=C(CC12CC3CC(CC(C3)C1)C2)C(C(=O)NNc1ccccc1)C12CC3CC(CC(C3)C1)C2. The summed E-state index contributed by atoms with van der Waals surface area (Å²) in [5.41, 5.74) is 7.09. The smallest absolute Gasteiger partial charge is 0.249 e. The summed E-state index contributed by atoms with van der Waals surface area (Å²) in [6.45, 7) is 0. The van der Waals surface area contributed by atoms with Crippen molar-refractivity contribution in [1.29, 1.82) is 0 Å². The molecule has 34 heavy (non-hydrogen) atoms. The number of amides is 1. The van der Waals surface area contributed by atoms with E-state index in [2.05, 4.69) is 10.9 Å². The first kappa shape index (κ1) is 21.4. The molecule has 0 aliphatic heterocycles. The van der Waals surface area contributed by atoms with Gasteiger partial charge in [0.05, 0.1) is 5.69 Å². The van der Waals surface area contributed by atoms with Crippen molar-refractivity contribution in [2.75, 3.05) is 5.43 Å². The van der Waals surface area contributed by atoms with Gasteiger partial charge in [0.15, 0.2) is 0 Å². The summed E-state index contributed by atoms with van der Waals surface area (Å²) >= 11 is 0. The third-order valence-corrected chi connectivity index (χ3v) is 11.1. The third kappa shape index (κ3) is 3.62. The predicted molar refractivity (Wildman–Crippen MR) is 133 cm³/mol. The maximum atomic E-state index is 14.3. The van der Waals surface area contributed by atoms with Crippen molar-refractivity contribution in [3.63, 3.8) is 0 Å². The molecule has 1 unspecified atom stereocenters. The molecule has 0 radical (unpaired) electrons. The summed E-state index contributed by atoms with van der Waals surface area (Å²) in [5, 5.41) is 0. The molecule has 8 aliphatic rings. The molecule has 1 atom stereocenters. The average molecular weight is 461 g/mol. The van der Waals surface area contributed by atoms with Crippen LogP contribution in [0.4, 0.5) is 5.69 Å². The lowest BCUT2D eigenvalue weighted by molar-refractivity contribution is -0.155. The van der Waals surface area contributed by atoms with Crippen LogP contribution in [0.1, 0.15) is 83.5 Å². The second kappa shape index (κ2) is 7.83. The van der Waals surface area contributed by atoms with Gasteiger partial charge in [0.25, 0.3) is 0 Å². The lowest BCUT2D eigenvalue weighted by Crippen LogP contribution is -2.57. The van der Waals surface area contributed by atoms with E-state index in [0.717, 1.165) is 60.5 Å². The van der Waals surface area contributed by atoms with E-state index in [1.54, 1.807) is 0 Å². The van der Waals surface area contributed by atoms with Crippen molar-refractivity contribution >= 4 is 17.4 Å². The Balaban J connectivity index is 1.16. The van der Waals surface area contributed by atoms with Crippen molar-refractivity contribution in [2.45, 2.75) is 83.5 Å². The molecule has 182 valence electrons. The first-order valence-corrected chi connectivity index (χ1v) is 14.1. The molecule has 8 fully saturated rings. The quantitative estimate of drug-likeness (QED) is 0.380. The Labute approximate surface area is 204 Å². The zero-order chi connectivity index (χ0) is 22.9. The van der Waals surface area contributed by atoms with Crippen LogP contribution in [0, 0.1) is 52.3 Å². The summed E-state index contributed by atoms with van der Waals surface area (Å²) in [6.07, 6.45) is 15.8. The largest absolute Gasteiger partial charge is 0.299 e. The van der Waals surface area contributed by atoms with Gasteiger partial charge in [0, 0.05) is 6.42 Å². The van der Waals surface area contributed by atoms with Crippen LogP contribution in [0.2, 0.25) is 0 Å². The number of hydrogen-bond acceptors (Lipinski definition) is 3. The van der Waals surface area contributed by atoms with E-state index in [1.807, 2.05) is 30.3 Å². The van der Waals surface area contributed by atoms with Gasteiger partial charge in [-0.3, -0.25) is 20.4 Å². The standard InChI is InChI=1S/C30H40N2O2/c33-26(18-29-12-19-6-20(13-29)8-21(7-19)14-29)27(28(34)32-31-25-4-2-1-3-5-25)30-15-22-9-23(16-30)11-24(10-22)17-30/h1-5,19-24,27,31H,6-18H2,(H,32,34). The van der Waals surface area contributed by atoms with Gasteiger partial charge < -0.3 is 0 Å². The minimum atomic E-state index is -0.481. The van der Waals surface area contributed by atoms with Crippen LogP contribution >= 0.6 is 0 Å². The minimum absolute atomic E-state index is 0.0690. The third-order valence-electron chi connectivity index (χ3n) is 11.1. The number of Topliss-reactive ketones (excluding diaryl/α,β-unsaturated/α-hetero) is 1. The molecule has 4 nitrogen and oxygen atoms in total. The molecule has 0 spiro atoms. The van der Waals surface area contributed by atoms with Crippen LogP contribution in [-0.2, 0) is 9.59 Å². The highest BCUT2D eigenvalue weighted by Gasteiger charge is 2.59. The van der Waals surface area contributed by atoms with Crippen molar-refractivity contribution in [1.82, 2.24) is 5.43 Å². The van der Waals surface area contributed by atoms with Crippen LogP contribution in [-0.4, -0.2) is 11.7 Å². The predicted octanol–water partition coefficient (Wildman–Crippen LogP) is 6.14. The Morgan fingerprint density at radius 3 is 1.71 bits per heavy atom. The molecule has 1 amide bonds. The zero-order valence-electron chi connectivity index (χ0n) is 20.4. The Kier molecular flexibility index (Phi) is 4.94. The van der Waals surface area contributed by atoms with Crippen LogP contribution in [0.3, 0.4) is 0 Å². The number of para-hydroxylation sites is 1. The number of carbonyl (C=O) groups excluding carboxylic acids is 2. The van der Waals surface area contributed by atoms with Gasteiger partial charge in [0.2, 0.25) is 5.91 Å². The molecular formula is C30H40N2O2. The number of ketones is 1. The highest BCUT2D eigenvalue weighted by Crippen LogP contribution is 2.65. The van der Waals surface area contributed by atoms with E-state index in [9.17, 15) is 9.59 Å². The highest BCUT2D eigenvalue weighted by atomic mass is 16.2. The second-order valence-corrected chi connectivity index (χ2v) is 13.8. The van der Waals surface area contributed by atoms with E-state index in [0.29, 0.717) is 6.42 Å². The molecule has 9 rings (SSSR count). The zero-order valence-corrected chi connectivity index (χ0v) is 20.4. The number of anilines is 1. The summed E-state index contributed by atoms with van der Waals surface area (Å²) < 4.78 is 0. The fraction of sp³-hybridized carbons (Fsp3) is 0.733. The Bertz CT molecular complexity index is 899. The van der Waals surface area contributed by atoms with Crippen LogP contribution in [0.25, 0.3) is 0 Å². The second-order valence-electron chi connectivity index (χ2n) is 13.8. The van der Waals surface area contributed by atoms with Crippen LogP contribution in [0.15, 0.2) is 30.3 Å². The monoisotopic (exact) mass is 460 g/mol. The molecule has 1 aromatic carbocycles. The van der Waals surface area contributed by atoms with Crippen molar-refractivity contribution < 1.29 is 9.59 Å². The van der Waals surface area contributed by atoms with Gasteiger partial charge in [-0.1, -0.05) is 18.2 Å². The van der Waals surface area contributed by atoms with Gasteiger partial charge in [0.1, 0.15) is 11.7 Å². The fourth-order valence-corrected chi connectivity index (χ4v) is 11.0. The van der Waals surface area contributed by atoms with Crippen LogP contribution in [0.5, 0.6) is 0 Å². The van der Waals surface area contributed by atoms with Gasteiger partial charge in [-0.2, -0.15) is 0 Å². The van der Waals surface area contributed by atoms with E-state index in [4.69, 9.17) is 0 Å². The maximum absolute atomic E-state index is 14.3. The Morgan fingerprint density at radius 1 is 0.735 bits per heavy atom. The number of carbonyl (C=O) groups is 2. The molecule has 0 aromatic heterocycles. The molecule has 0 heterocycles. The molecule has 2 N–H and O–H groups in total. The summed E-state index contributed by atoms with van der Waals surface area (Å²) in [6, 6.07) is 9.81. The van der Waals surface area contributed by atoms with E-state index < -0.39 is 5.92 Å². The molecular weight excluding hydrogens is 420 g/mol. The van der Waals surface area contributed by atoms with Gasteiger partial charge in [-0.05, 0) is 136 Å². The first-order chi connectivity index (χ1) is 16.5. The van der Waals surface area contributed by atoms with E-state index in [-0.39, 0.29) is 22.5 Å². The average Bonchev–Trinajstić information content (AvgIpc) is 2.76. The summed E-state index contributed by atoms with van der Waals surface area (Å²) in [5.74, 6) is 4.44. The summed E-state index contributed by atoms with van der Waals surface area (Å²) in [4.78, 5) is 28.2. The first-order valence-electron chi connectivity index (χ1n) is 14.1. The molecule has 0 saturated heterocycles.